The van der Waals surface area contributed by atoms with Crippen LogP contribution in [0.5, 0.6) is 0 Å². The molecule has 0 aliphatic carbocycles. The second kappa shape index (κ2) is 14.5. The summed E-state index contributed by atoms with van der Waals surface area (Å²) in [6.45, 7) is 7.67. The van der Waals surface area contributed by atoms with Crippen molar-refractivity contribution < 1.29 is 14.6 Å². The molecule has 0 amide bonds. The number of carbonyl (C=O) groups excluding carboxylic acids is 1. The number of aliphatic imine (C=N–C) groups is 1. The molecule has 4 aromatic carbocycles. The Labute approximate surface area is 285 Å². The zero-order valence-corrected chi connectivity index (χ0v) is 27.5. The van der Waals surface area contributed by atoms with Gasteiger partial charge in [-0.15, -0.1) is 0 Å². The number of rotatable bonds is 9. The Bertz CT molecular complexity index is 2000. The number of benzene rings is 4. The number of ketones is 1. The average molecular weight is 656 g/mol. The molecule has 0 atom stereocenters. The number of nitro groups is 2. The van der Waals surface area contributed by atoms with Gasteiger partial charge in [-0.1, -0.05) is 54.6 Å². The monoisotopic (exact) mass is 655 g/mol. The van der Waals surface area contributed by atoms with Crippen LogP contribution in [0.3, 0.4) is 0 Å². The van der Waals surface area contributed by atoms with Crippen LogP contribution in [0, 0.1) is 20.2 Å². The van der Waals surface area contributed by atoms with Crippen LogP contribution in [0.4, 0.5) is 22.7 Å². The summed E-state index contributed by atoms with van der Waals surface area (Å²) in [5, 5.41) is 21.8. The lowest BCUT2D eigenvalue weighted by Gasteiger charge is -2.19. The van der Waals surface area contributed by atoms with E-state index in [1.54, 1.807) is 36.4 Å². The number of hydrogen-bond acceptors (Lipinski definition) is 8. The van der Waals surface area contributed by atoms with Gasteiger partial charge in [0.05, 0.1) is 16.4 Å². The smallest absolute Gasteiger partial charge is 0.269 e. The Morgan fingerprint density at radius 1 is 0.776 bits per heavy atom. The molecule has 49 heavy (non-hydrogen) atoms. The molecule has 0 saturated heterocycles. The van der Waals surface area contributed by atoms with Crippen LogP contribution in [0.15, 0.2) is 102 Å². The summed E-state index contributed by atoms with van der Waals surface area (Å²) < 4.78 is 0. The van der Waals surface area contributed by atoms with E-state index >= 15 is 0 Å². The molecule has 7 rings (SSSR count). The van der Waals surface area contributed by atoms with E-state index in [4.69, 9.17) is 0 Å². The van der Waals surface area contributed by atoms with Gasteiger partial charge >= 0.3 is 0 Å². The van der Waals surface area contributed by atoms with Crippen LogP contribution in [0.25, 0.3) is 11.6 Å². The minimum atomic E-state index is -0.351. The summed E-state index contributed by atoms with van der Waals surface area (Å²) in [5.74, 6) is 0.0295. The van der Waals surface area contributed by atoms with Crippen molar-refractivity contribution in [1.29, 1.82) is 0 Å². The Hall–Kier alpha value is -5.90. The van der Waals surface area contributed by atoms with Crippen molar-refractivity contribution in [1.82, 2.24) is 0 Å². The van der Waals surface area contributed by atoms with Gasteiger partial charge in [0.25, 0.3) is 11.4 Å². The predicted molar refractivity (Wildman–Crippen MR) is 194 cm³/mol. The van der Waals surface area contributed by atoms with Crippen molar-refractivity contribution in [2.24, 2.45) is 4.99 Å². The molecule has 0 N–H and O–H groups in total. The van der Waals surface area contributed by atoms with Crippen LogP contribution in [-0.2, 0) is 30.7 Å². The van der Waals surface area contributed by atoms with Gasteiger partial charge in [-0.25, -0.2) is 0 Å². The van der Waals surface area contributed by atoms with Gasteiger partial charge in [-0.3, -0.25) is 30.0 Å². The molecule has 0 aromatic heterocycles. The molecule has 0 spiro atoms. The summed E-state index contributed by atoms with van der Waals surface area (Å²) in [5.41, 5.74) is 11.6. The number of fused-ring (bicyclic) bond motifs is 2. The fourth-order valence-electron chi connectivity index (χ4n) is 6.41. The number of anilines is 2. The van der Waals surface area contributed by atoms with E-state index in [0.717, 1.165) is 79.3 Å². The molecular weight excluding hydrogens is 618 g/mol. The third-order valence-corrected chi connectivity index (χ3v) is 8.98. The van der Waals surface area contributed by atoms with Gasteiger partial charge in [0.1, 0.15) is 0 Å². The highest BCUT2D eigenvalue weighted by Crippen LogP contribution is 2.33. The largest absolute Gasteiger partial charge is 0.367 e. The van der Waals surface area contributed by atoms with Gasteiger partial charge in [0.15, 0.2) is 5.78 Å². The standard InChI is InChI=1S/C20H19N3O2.C19H18N2O3/c1-14-10-18(12-21-14)16-4-2-15(3-5-16)13-22-9-8-17-11-19(23(24)25)6-7-20(17)22;1-14(22)2-3-15-4-6-16(7-5-15)13-20-11-10-17-12-18(21(23)24)8-9-19(17)20/h2-7,10-11H,8-9,12-13H2,1H3;2-9,12H,10-11,13H2,1H3/b;3-2+. The highest BCUT2D eigenvalue weighted by atomic mass is 16.6. The van der Waals surface area contributed by atoms with Gasteiger partial charge in [-0.2, -0.15) is 0 Å². The first-order valence-corrected chi connectivity index (χ1v) is 16.3. The Morgan fingerprint density at radius 2 is 1.29 bits per heavy atom. The second-order valence-electron chi connectivity index (χ2n) is 12.5. The zero-order chi connectivity index (χ0) is 34.5. The summed E-state index contributed by atoms with van der Waals surface area (Å²) in [7, 11) is 0. The topological polar surface area (TPSA) is 122 Å². The highest BCUT2D eigenvalue weighted by Gasteiger charge is 2.23. The molecule has 4 aromatic rings. The van der Waals surface area contributed by atoms with Gasteiger partial charge in [0, 0.05) is 67.5 Å². The summed E-state index contributed by atoms with van der Waals surface area (Å²) in [6.07, 6.45) is 7.18. The van der Waals surface area contributed by atoms with Crippen LogP contribution >= 0.6 is 0 Å². The molecule has 0 saturated carbocycles. The van der Waals surface area contributed by atoms with Crippen LogP contribution < -0.4 is 9.80 Å². The lowest BCUT2D eigenvalue weighted by molar-refractivity contribution is -0.385. The lowest BCUT2D eigenvalue weighted by Crippen LogP contribution is -2.19. The summed E-state index contributed by atoms with van der Waals surface area (Å²) in [6, 6.07) is 26.9. The van der Waals surface area contributed by atoms with E-state index in [-0.39, 0.29) is 27.0 Å². The Morgan fingerprint density at radius 3 is 1.73 bits per heavy atom. The first-order chi connectivity index (χ1) is 23.6. The van der Waals surface area contributed by atoms with Crippen molar-refractivity contribution in [2.45, 2.75) is 39.8 Å². The zero-order valence-electron chi connectivity index (χ0n) is 27.5. The molecule has 248 valence electrons. The lowest BCUT2D eigenvalue weighted by atomic mass is 10.0. The number of non-ortho nitro benzene ring substituents is 2. The maximum atomic E-state index is 11.0. The fourth-order valence-corrected chi connectivity index (χ4v) is 6.41. The molecule has 10 heteroatoms. The molecule has 0 radical (unpaired) electrons. The highest BCUT2D eigenvalue weighted by molar-refractivity contribution is 6.03. The number of allylic oxidation sites excluding steroid dienone is 2. The number of hydrogen-bond donors (Lipinski definition) is 0. The van der Waals surface area contributed by atoms with Crippen molar-refractivity contribution in [3.05, 3.63) is 151 Å². The minimum absolute atomic E-state index is 0.0295. The summed E-state index contributed by atoms with van der Waals surface area (Å²) in [4.78, 5) is 41.0. The van der Waals surface area contributed by atoms with E-state index in [1.807, 2.05) is 43.3 Å². The third-order valence-electron chi connectivity index (χ3n) is 8.98. The molecule has 0 unspecified atom stereocenters. The third kappa shape index (κ3) is 7.98. The van der Waals surface area contributed by atoms with Crippen molar-refractivity contribution in [3.63, 3.8) is 0 Å². The van der Waals surface area contributed by atoms with E-state index < -0.39 is 0 Å². The van der Waals surface area contributed by atoms with Crippen LogP contribution in [-0.4, -0.2) is 41.0 Å². The number of nitrogens with zero attached hydrogens (tertiary/aromatic N) is 5. The Balaban J connectivity index is 0.000000170. The molecule has 3 aliphatic heterocycles. The molecule has 3 heterocycles. The molecule has 0 bridgehead atoms. The van der Waals surface area contributed by atoms with E-state index in [0.29, 0.717) is 0 Å². The van der Waals surface area contributed by atoms with Crippen molar-refractivity contribution in [3.8, 4) is 0 Å². The molecule has 10 nitrogen and oxygen atoms in total. The van der Waals surface area contributed by atoms with E-state index in [2.05, 4.69) is 45.1 Å². The van der Waals surface area contributed by atoms with E-state index in [1.165, 1.54) is 29.2 Å². The molecular formula is C39H37N5O5. The fraction of sp³-hybridized carbons (Fsp3) is 0.231. The number of carbonyl (C=O) groups is 1. The quantitative estimate of drug-likeness (QED) is 0.103. The normalized spacial score (nSPS) is 14.6. The minimum Gasteiger partial charge on any atom is -0.367 e. The number of nitro benzene ring substituents is 2. The maximum Gasteiger partial charge on any atom is 0.269 e. The van der Waals surface area contributed by atoms with Crippen LogP contribution in [0.2, 0.25) is 0 Å². The first kappa shape index (κ1) is 33.0. The van der Waals surface area contributed by atoms with Crippen molar-refractivity contribution in [2.75, 3.05) is 29.4 Å². The first-order valence-electron chi connectivity index (χ1n) is 16.3. The Kier molecular flexibility index (Phi) is 9.75. The SMILES string of the molecule is CC(=O)/C=C/c1ccc(CN2CCc3cc([N+](=O)[O-])ccc32)cc1.CC1=NCC(c2ccc(CN3CCc4cc([N+](=O)[O-])ccc43)cc2)=C1. The maximum absolute atomic E-state index is 11.0. The van der Waals surface area contributed by atoms with Crippen LogP contribution in [0.1, 0.15) is 47.2 Å². The van der Waals surface area contributed by atoms with E-state index in [9.17, 15) is 25.0 Å². The molecule has 0 fully saturated rings. The average Bonchev–Trinajstić information content (AvgIpc) is 3.83. The summed E-state index contributed by atoms with van der Waals surface area (Å²) >= 11 is 0. The predicted octanol–water partition coefficient (Wildman–Crippen LogP) is 7.78. The van der Waals surface area contributed by atoms with Gasteiger partial charge in [0.2, 0.25) is 0 Å². The van der Waals surface area contributed by atoms with Gasteiger partial charge in [-0.05, 0) is 89.9 Å². The van der Waals surface area contributed by atoms with Crippen molar-refractivity contribution >= 4 is 45.9 Å². The molecule has 3 aliphatic rings. The second-order valence-corrected chi connectivity index (χ2v) is 12.5. The van der Waals surface area contributed by atoms with Gasteiger partial charge < -0.3 is 9.80 Å².